The topological polar surface area (TPSA) is 131 Å². The van der Waals surface area contributed by atoms with E-state index in [0.29, 0.717) is 42.7 Å². The number of aromatic nitrogens is 2. The first-order valence-corrected chi connectivity index (χ1v) is 10.8. The van der Waals surface area contributed by atoms with E-state index in [1.165, 1.54) is 5.01 Å². The normalized spacial score (nSPS) is 20.2. The number of hydroxylamine groups is 2. The number of aromatic amines is 1. The van der Waals surface area contributed by atoms with Gasteiger partial charge in [0.1, 0.15) is 6.04 Å². The quantitative estimate of drug-likeness (QED) is 0.287. The maximum atomic E-state index is 13.3. The van der Waals surface area contributed by atoms with Crippen LogP contribution in [-0.2, 0) is 14.4 Å². The highest BCUT2D eigenvalue weighted by molar-refractivity contribution is 5.97. The Morgan fingerprint density at radius 3 is 2.81 bits per heavy atom. The van der Waals surface area contributed by atoms with Gasteiger partial charge in [-0.15, -0.1) is 0 Å². The summed E-state index contributed by atoms with van der Waals surface area (Å²) in [4.78, 5) is 44.6. The first-order chi connectivity index (χ1) is 15.0. The zero-order chi connectivity index (χ0) is 21.8. The summed E-state index contributed by atoms with van der Waals surface area (Å²) >= 11 is 0. The predicted octanol–water partition coefficient (Wildman–Crippen LogP) is 1.65. The van der Waals surface area contributed by atoms with E-state index in [1.807, 2.05) is 24.3 Å². The molecule has 4 rings (SSSR count). The van der Waals surface area contributed by atoms with E-state index >= 15 is 0 Å². The Labute approximate surface area is 179 Å². The lowest BCUT2D eigenvalue weighted by atomic mass is 9.92. The van der Waals surface area contributed by atoms with Gasteiger partial charge in [-0.3, -0.25) is 29.9 Å². The fourth-order valence-electron chi connectivity index (χ4n) is 4.62. The summed E-state index contributed by atoms with van der Waals surface area (Å²) in [7, 11) is 0. The number of nitrogens with one attached hydrogen (secondary N) is 3. The Balaban J connectivity index is 1.45. The van der Waals surface area contributed by atoms with E-state index < -0.39 is 12.0 Å². The molecule has 1 saturated heterocycles. The maximum absolute atomic E-state index is 13.3. The minimum Gasteiger partial charge on any atom is -0.324 e. The van der Waals surface area contributed by atoms with Crippen molar-refractivity contribution in [2.24, 2.45) is 11.8 Å². The number of para-hydroxylation sites is 2. The van der Waals surface area contributed by atoms with E-state index in [-0.39, 0.29) is 18.4 Å². The fraction of sp³-hybridized carbons (Fsp3) is 0.524. The number of carbonyl (C=O) groups is 3. The fourth-order valence-corrected chi connectivity index (χ4v) is 4.62. The summed E-state index contributed by atoms with van der Waals surface area (Å²) in [5.41, 5.74) is 4.55. The number of H-pyrrole nitrogens is 1. The molecule has 3 amide bonds. The van der Waals surface area contributed by atoms with Crippen molar-refractivity contribution in [2.75, 3.05) is 18.4 Å². The van der Waals surface area contributed by atoms with Crippen LogP contribution in [0.2, 0.25) is 0 Å². The van der Waals surface area contributed by atoms with Crippen molar-refractivity contribution in [1.82, 2.24) is 25.5 Å². The molecule has 31 heavy (non-hydrogen) atoms. The molecule has 10 heteroatoms. The zero-order valence-corrected chi connectivity index (χ0v) is 17.3. The van der Waals surface area contributed by atoms with E-state index in [4.69, 9.17) is 0 Å². The van der Waals surface area contributed by atoms with Crippen molar-refractivity contribution in [3.05, 3.63) is 24.3 Å². The van der Waals surface area contributed by atoms with Crippen LogP contribution < -0.4 is 10.7 Å². The van der Waals surface area contributed by atoms with Crippen molar-refractivity contribution in [3.8, 4) is 0 Å². The minimum absolute atomic E-state index is 0.0884. The number of fused-ring (bicyclic) bond motifs is 1. The number of rotatable bonds is 8. The summed E-state index contributed by atoms with van der Waals surface area (Å²) in [6.07, 6.45) is 5.70. The van der Waals surface area contributed by atoms with Crippen molar-refractivity contribution < 1.29 is 19.6 Å². The Hall–Kier alpha value is -2.98. The molecule has 0 spiro atoms. The molecule has 0 bridgehead atoms. The second kappa shape index (κ2) is 9.44. The molecule has 1 aliphatic carbocycles. The van der Waals surface area contributed by atoms with Crippen LogP contribution in [0.4, 0.5) is 5.95 Å². The molecule has 4 N–H and O–H groups in total. The van der Waals surface area contributed by atoms with Gasteiger partial charge in [-0.25, -0.2) is 15.5 Å². The summed E-state index contributed by atoms with van der Waals surface area (Å²) in [6.45, 7) is 0.394. The number of imidazole rings is 1. The number of hydrazine groups is 1. The number of benzene rings is 1. The van der Waals surface area contributed by atoms with Gasteiger partial charge in [0.2, 0.25) is 18.3 Å². The SMILES string of the molecule is O=CN(O)C[C@@H](CC1CCCC1)C(=O)N1NCC[C@H]1C(=O)Nc1nc2ccccc2[nH]1. The summed E-state index contributed by atoms with van der Waals surface area (Å²) < 4.78 is 0. The molecule has 10 nitrogen and oxygen atoms in total. The lowest BCUT2D eigenvalue weighted by Crippen LogP contribution is -2.51. The van der Waals surface area contributed by atoms with E-state index in [9.17, 15) is 19.6 Å². The maximum Gasteiger partial charge on any atom is 0.251 e. The molecule has 166 valence electrons. The molecule has 2 fully saturated rings. The summed E-state index contributed by atoms with van der Waals surface area (Å²) in [6, 6.07) is 6.75. The molecule has 1 aliphatic heterocycles. The third-order valence-electron chi connectivity index (χ3n) is 6.15. The van der Waals surface area contributed by atoms with Gasteiger partial charge in [-0.2, -0.15) is 0 Å². The Morgan fingerprint density at radius 1 is 1.29 bits per heavy atom. The number of hydrogen-bond donors (Lipinski definition) is 4. The van der Waals surface area contributed by atoms with Crippen LogP contribution >= 0.6 is 0 Å². The van der Waals surface area contributed by atoms with Gasteiger partial charge < -0.3 is 4.98 Å². The largest absolute Gasteiger partial charge is 0.324 e. The summed E-state index contributed by atoms with van der Waals surface area (Å²) in [5.74, 6) is -0.483. The molecule has 0 unspecified atom stereocenters. The van der Waals surface area contributed by atoms with E-state index in [1.54, 1.807) is 0 Å². The number of carbonyl (C=O) groups excluding carboxylic acids is 3. The van der Waals surface area contributed by atoms with Gasteiger partial charge in [0.05, 0.1) is 23.5 Å². The average molecular weight is 428 g/mol. The lowest BCUT2D eigenvalue weighted by molar-refractivity contribution is -0.159. The minimum atomic E-state index is -0.699. The number of anilines is 1. The van der Waals surface area contributed by atoms with Crippen molar-refractivity contribution in [2.45, 2.75) is 44.6 Å². The molecule has 2 atom stereocenters. The van der Waals surface area contributed by atoms with Gasteiger partial charge in [-0.05, 0) is 30.9 Å². The number of amides is 3. The summed E-state index contributed by atoms with van der Waals surface area (Å²) in [5, 5.41) is 14.4. The highest BCUT2D eigenvalue weighted by Gasteiger charge is 2.39. The van der Waals surface area contributed by atoms with Crippen LogP contribution in [0.3, 0.4) is 0 Å². The highest BCUT2D eigenvalue weighted by Crippen LogP contribution is 2.31. The average Bonchev–Trinajstić information content (AvgIpc) is 3.52. The molecule has 1 aromatic carbocycles. The third kappa shape index (κ3) is 4.86. The van der Waals surface area contributed by atoms with Crippen LogP contribution in [0.15, 0.2) is 24.3 Å². The molecule has 2 heterocycles. The first kappa shape index (κ1) is 21.3. The Bertz CT molecular complexity index is 908. The molecule has 2 aliphatic rings. The molecule has 1 aromatic heterocycles. The number of hydrogen-bond acceptors (Lipinski definition) is 6. The van der Waals surface area contributed by atoms with Crippen LogP contribution in [-0.4, -0.2) is 62.6 Å². The van der Waals surface area contributed by atoms with Gasteiger partial charge in [-0.1, -0.05) is 37.8 Å². The van der Waals surface area contributed by atoms with Crippen LogP contribution in [0.5, 0.6) is 0 Å². The predicted molar refractivity (Wildman–Crippen MR) is 113 cm³/mol. The zero-order valence-electron chi connectivity index (χ0n) is 17.3. The molecular weight excluding hydrogens is 400 g/mol. The van der Waals surface area contributed by atoms with Crippen molar-refractivity contribution in [3.63, 3.8) is 0 Å². The van der Waals surface area contributed by atoms with E-state index in [0.717, 1.165) is 36.7 Å². The molecule has 0 radical (unpaired) electrons. The second-order valence-corrected chi connectivity index (χ2v) is 8.32. The van der Waals surface area contributed by atoms with Gasteiger partial charge in [0, 0.05) is 6.54 Å². The van der Waals surface area contributed by atoms with Crippen LogP contribution in [0, 0.1) is 11.8 Å². The second-order valence-electron chi connectivity index (χ2n) is 8.32. The highest BCUT2D eigenvalue weighted by atomic mass is 16.5. The van der Waals surface area contributed by atoms with Crippen molar-refractivity contribution >= 4 is 35.2 Å². The van der Waals surface area contributed by atoms with E-state index in [2.05, 4.69) is 20.7 Å². The van der Waals surface area contributed by atoms with Gasteiger partial charge >= 0.3 is 0 Å². The van der Waals surface area contributed by atoms with Crippen molar-refractivity contribution in [1.29, 1.82) is 0 Å². The Morgan fingerprint density at radius 2 is 2.06 bits per heavy atom. The molecule has 2 aromatic rings. The van der Waals surface area contributed by atoms with Crippen LogP contribution in [0.1, 0.15) is 38.5 Å². The lowest BCUT2D eigenvalue weighted by Gasteiger charge is -2.29. The Kier molecular flexibility index (Phi) is 6.47. The standard InChI is InChI=1S/C21H28N6O4/c28-13-26(31)12-15(11-14-5-1-2-6-14)20(30)27-18(9-10-22-27)19(29)25-21-23-16-7-3-4-8-17(16)24-21/h3-4,7-8,13-15,18,22,31H,1-2,5-6,9-12H2,(H2,23,24,25,29)/t15-,18+/m1/s1. The molecular formula is C21H28N6O4. The number of nitrogens with zero attached hydrogens (tertiary/aromatic N) is 3. The molecule has 1 saturated carbocycles. The smallest absolute Gasteiger partial charge is 0.251 e. The van der Waals surface area contributed by atoms with Crippen LogP contribution in [0.25, 0.3) is 11.0 Å². The monoisotopic (exact) mass is 428 g/mol. The van der Waals surface area contributed by atoms with Gasteiger partial charge in [0.15, 0.2) is 0 Å². The van der Waals surface area contributed by atoms with Gasteiger partial charge in [0.25, 0.3) is 5.91 Å². The first-order valence-electron chi connectivity index (χ1n) is 10.8. The third-order valence-corrected chi connectivity index (χ3v) is 6.15.